The molecule has 0 aromatic heterocycles. The van der Waals surface area contributed by atoms with Crippen LogP contribution in [0.4, 0.5) is 0 Å². The molecule has 0 bridgehead atoms. The van der Waals surface area contributed by atoms with Gasteiger partial charge in [0.05, 0.1) is 0 Å². The van der Waals surface area contributed by atoms with Gasteiger partial charge in [-0.2, -0.15) is 0 Å². The first kappa shape index (κ1) is 14.4. The van der Waals surface area contributed by atoms with Gasteiger partial charge in [-0.3, -0.25) is 9.59 Å². The number of carbonyl (C=O) groups excluding carboxylic acids is 2. The zero-order valence-electron chi connectivity index (χ0n) is 7.55. The summed E-state index contributed by atoms with van der Waals surface area (Å²) in [7, 11) is 0. The van der Waals surface area contributed by atoms with Gasteiger partial charge in [-0.1, -0.05) is 13.8 Å². The number of rotatable bonds is 4. The SMILES string of the molecule is CCC(=O)ONOC(=O)CC.[Na]. The molecule has 0 aromatic carbocycles. The minimum absolute atomic E-state index is 0. The second-order valence-corrected chi connectivity index (χ2v) is 1.74. The van der Waals surface area contributed by atoms with E-state index in [1.807, 2.05) is 0 Å². The van der Waals surface area contributed by atoms with E-state index in [9.17, 15) is 9.59 Å². The van der Waals surface area contributed by atoms with E-state index in [1.54, 1.807) is 19.5 Å². The summed E-state index contributed by atoms with van der Waals surface area (Å²) >= 11 is 0. The Balaban J connectivity index is 0. The van der Waals surface area contributed by atoms with E-state index in [1.165, 1.54) is 0 Å². The Labute approximate surface area is 93.0 Å². The number of carbonyl (C=O) groups is 2. The molecule has 0 atom stereocenters. The van der Waals surface area contributed by atoms with Gasteiger partial charge in [0, 0.05) is 48.0 Å². The van der Waals surface area contributed by atoms with E-state index < -0.39 is 11.9 Å². The van der Waals surface area contributed by atoms with Gasteiger partial charge in [0.25, 0.3) is 0 Å². The van der Waals surface area contributed by atoms with Crippen molar-refractivity contribution < 1.29 is 19.3 Å². The molecule has 0 amide bonds. The van der Waals surface area contributed by atoms with Crippen LogP contribution in [0, 0.1) is 0 Å². The Morgan fingerprint density at radius 2 is 1.42 bits per heavy atom. The third-order valence-corrected chi connectivity index (χ3v) is 0.888. The summed E-state index contributed by atoms with van der Waals surface area (Å²) in [5.41, 5.74) is 1.79. The van der Waals surface area contributed by atoms with Gasteiger partial charge < -0.3 is 9.68 Å². The van der Waals surface area contributed by atoms with Crippen LogP contribution in [0.25, 0.3) is 0 Å². The largest absolute Gasteiger partial charge is 0.336 e. The predicted octanol–water partition coefficient (Wildman–Crippen LogP) is -0.0684. The van der Waals surface area contributed by atoms with Gasteiger partial charge in [0.15, 0.2) is 0 Å². The smallest absolute Gasteiger partial charge is 0.328 e. The van der Waals surface area contributed by atoms with Crippen LogP contribution in [0.3, 0.4) is 0 Å². The number of nitrogens with one attached hydrogen (secondary N) is 1. The van der Waals surface area contributed by atoms with Crippen molar-refractivity contribution in [1.29, 1.82) is 0 Å². The normalized spacial score (nSPS) is 8.17. The van der Waals surface area contributed by atoms with Crippen LogP contribution in [0.2, 0.25) is 0 Å². The third kappa shape index (κ3) is 8.00. The summed E-state index contributed by atoms with van der Waals surface area (Å²) in [4.78, 5) is 29.3. The third-order valence-electron chi connectivity index (χ3n) is 0.888. The van der Waals surface area contributed by atoms with Crippen LogP contribution >= 0.6 is 0 Å². The molecule has 1 radical (unpaired) electrons. The van der Waals surface area contributed by atoms with Crippen molar-refractivity contribution in [2.45, 2.75) is 26.7 Å². The van der Waals surface area contributed by atoms with Crippen molar-refractivity contribution in [1.82, 2.24) is 5.64 Å². The molecule has 5 nitrogen and oxygen atoms in total. The second kappa shape index (κ2) is 8.99. The van der Waals surface area contributed by atoms with Gasteiger partial charge in [-0.05, 0) is 0 Å². The molecular formula is C6H11NNaO4. The molecule has 0 aromatic rings. The summed E-state index contributed by atoms with van der Waals surface area (Å²) in [6.45, 7) is 3.26. The number of hydrogen-bond acceptors (Lipinski definition) is 5. The van der Waals surface area contributed by atoms with Gasteiger partial charge in [0.2, 0.25) is 0 Å². The van der Waals surface area contributed by atoms with E-state index in [-0.39, 0.29) is 42.4 Å². The Bertz CT molecular complexity index is 134. The summed E-state index contributed by atoms with van der Waals surface area (Å²) in [5.74, 6) is -0.956. The van der Waals surface area contributed by atoms with Gasteiger partial charge >= 0.3 is 11.9 Å². The van der Waals surface area contributed by atoms with E-state index in [2.05, 4.69) is 9.68 Å². The van der Waals surface area contributed by atoms with Crippen LogP contribution in [-0.2, 0) is 19.3 Å². The van der Waals surface area contributed by atoms with Crippen LogP contribution in [0.1, 0.15) is 26.7 Å². The molecule has 0 saturated heterocycles. The van der Waals surface area contributed by atoms with Gasteiger partial charge in [-0.15, -0.1) is 0 Å². The molecule has 0 aliphatic rings. The molecule has 0 rings (SSSR count). The zero-order chi connectivity index (χ0) is 8.69. The molecule has 6 heteroatoms. The minimum atomic E-state index is -0.478. The standard InChI is InChI=1S/C6H11NO4.Na/c1-3-5(8)10-7-11-6(9)4-2;/h7H,3-4H2,1-2H3;. The van der Waals surface area contributed by atoms with E-state index in [0.717, 1.165) is 0 Å². The fourth-order valence-electron chi connectivity index (χ4n) is 0.258. The maximum atomic E-state index is 10.4. The van der Waals surface area contributed by atoms with Crippen molar-refractivity contribution in [3.8, 4) is 0 Å². The Morgan fingerprint density at radius 3 is 1.67 bits per heavy atom. The minimum Gasteiger partial charge on any atom is -0.336 e. The topological polar surface area (TPSA) is 64.6 Å². The Kier molecular flexibility index (Phi) is 10.8. The first-order valence-corrected chi connectivity index (χ1v) is 3.35. The molecule has 65 valence electrons. The van der Waals surface area contributed by atoms with E-state index in [4.69, 9.17) is 0 Å². The monoisotopic (exact) mass is 184 g/mol. The molecule has 0 saturated carbocycles. The average Bonchev–Trinajstić information content (AvgIpc) is 2.04. The molecular weight excluding hydrogens is 173 g/mol. The van der Waals surface area contributed by atoms with Gasteiger partial charge in [0.1, 0.15) is 0 Å². The molecule has 0 heterocycles. The quantitative estimate of drug-likeness (QED) is 0.489. The predicted molar refractivity (Wildman–Crippen MR) is 41.7 cm³/mol. The summed E-state index contributed by atoms with van der Waals surface area (Å²) in [6, 6.07) is 0. The Hall–Kier alpha value is -0.100. The summed E-state index contributed by atoms with van der Waals surface area (Å²) in [6.07, 6.45) is 0.466. The van der Waals surface area contributed by atoms with Crippen molar-refractivity contribution in [3.05, 3.63) is 0 Å². The van der Waals surface area contributed by atoms with Crippen LogP contribution in [-0.4, -0.2) is 41.5 Å². The summed E-state index contributed by atoms with van der Waals surface area (Å²) in [5, 5.41) is 0. The van der Waals surface area contributed by atoms with Crippen molar-refractivity contribution >= 4 is 41.5 Å². The maximum absolute atomic E-state index is 10.4. The number of hydrogen-bond donors (Lipinski definition) is 1. The first-order chi connectivity index (χ1) is 5.20. The average molecular weight is 184 g/mol. The first-order valence-electron chi connectivity index (χ1n) is 3.35. The molecule has 0 unspecified atom stereocenters. The van der Waals surface area contributed by atoms with Crippen LogP contribution in [0.5, 0.6) is 0 Å². The van der Waals surface area contributed by atoms with E-state index in [0.29, 0.717) is 0 Å². The van der Waals surface area contributed by atoms with E-state index >= 15 is 0 Å². The van der Waals surface area contributed by atoms with Crippen LogP contribution in [0.15, 0.2) is 0 Å². The van der Waals surface area contributed by atoms with Crippen LogP contribution < -0.4 is 5.64 Å². The molecule has 0 fully saturated rings. The van der Waals surface area contributed by atoms with Gasteiger partial charge in [-0.25, -0.2) is 0 Å². The van der Waals surface area contributed by atoms with Crippen molar-refractivity contribution in [2.24, 2.45) is 0 Å². The molecule has 0 spiro atoms. The summed E-state index contributed by atoms with van der Waals surface area (Å²) < 4.78 is 0. The second-order valence-electron chi connectivity index (χ2n) is 1.74. The molecule has 1 N–H and O–H groups in total. The fourth-order valence-corrected chi connectivity index (χ4v) is 0.258. The van der Waals surface area contributed by atoms with Crippen molar-refractivity contribution in [3.63, 3.8) is 0 Å². The zero-order valence-corrected chi connectivity index (χ0v) is 9.55. The molecule has 12 heavy (non-hydrogen) atoms. The molecule has 0 aliphatic heterocycles. The fraction of sp³-hybridized carbons (Fsp3) is 0.667. The maximum Gasteiger partial charge on any atom is 0.328 e. The molecule has 0 aliphatic carbocycles. The van der Waals surface area contributed by atoms with Crippen molar-refractivity contribution in [2.75, 3.05) is 0 Å². The Morgan fingerprint density at radius 1 is 1.08 bits per heavy atom.